The summed E-state index contributed by atoms with van der Waals surface area (Å²) in [6.45, 7) is 6.78. The van der Waals surface area contributed by atoms with Gasteiger partial charge in [-0.3, -0.25) is 9.13 Å². The van der Waals surface area contributed by atoms with E-state index in [9.17, 15) is 14.7 Å². The van der Waals surface area contributed by atoms with Crippen LogP contribution in [-0.4, -0.2) is 20.2 Å². The Kier molecular flexibility index (Phi) is 6.37. The molecule has 0 bridgehead atoms. The molecule has 2 aromatic carbocycles. The first-order chi connectivity index (χ1) is 14.0. The fraction of sp³-hybridized carbons (Fsp3) is 0.333. The van der Waals surface area contributed by atoms with Gasteiger partial charge in [0.25, 0.3) is 0 Å². The minimum Gasteiger partial charge on any atom is -0.478 e. The molecule has 1 unspecified atom stereocenters. The van der Waals surface area contributed by atoms with Gasteiger partial charge < -0.3 is 5.11 Å². The van der Waals surface area contributed by atoms with Gasteiger partial charge in [0, 0.05) is 17.9 Å². The fourth-order valence-electron chi connectivity index (χ4n) is 3.58. The maximum Gasteiger partial charge on any atom is 0.336 e. The van der Waals surface area contributed by atoms with E-state index in [1.165, 1.54) is 0 Å². The van der Waals surface area contributed by atoms with E-state index < -0.39 is 5.97 Å². The molecule has 1 atom stereocenters. The Morgan fingerprint density at radius 1 is 1.07 bits per heavy atom. The molecule has 1 heterocycles. The maximum absolute atomic E-state index is 12.9. The summed E-state index contributed by atoms with van der Waals surface area (Å²) in [6.07, 6.45) is 4.75. The average molecular weight is 392 g/mol. The number of aromatic carboxylic acids is 1. The summed E-state index contributed by atoms with van der Waals surface area (Å²) in [7, 11) is 0. The zero-order valence-corrected chi connectivity index (χ0v) is 17.3. The van der Waals surface area contributed by atoms with Crippen molar-refractivity contribution >= 4 is 5.97 Å². The van der Waals surface area contributed by atoms with Crippen molar-refractivity contribution < 1.29 is 9.90 Å². The summed E-state index contributed by atoms with van der Waals surface area (Å²) in [6, 6.07) is 15.0. The lowest BCUT2D eigenvalue weighted by Gasteiger charge is -2.10. The van der Waals surface area contributed by atoms with Gasteiger partial charge in [-0.25, -0.2) is 9.59 Å². The molecular formula is C24H28N2O3. The van der Waals surface area contributed by atoms with Crippen LogP contribution >= 0.6 is 0 Å². The van der Waals surface area contributed by atoms with Gasteiger partial charge in [0.2, 0.25) is 0 Å². The van der Waals surface area contributed by atoms with Crippen LogP contribution in [0.15, 0.2) is 59.5 Å². The Balaban J connectivity index is 1.92. The summed E-state index contributed by atoms with van der Waals surface area (Å²) in [5, 5.41) is 9.42. The highest BCUT2D eigenvalue weighted by Gasteiger charge is 2.15. The first kappa shape index (κ1) is 20.6. The van der Waals surface area contributed by atoms with E-state index in [2.05, 4.69) is 20.8 Å². The lowest BCUT2D eigenvalue weighted by Crippen LogP contribution is -2.27. The number of aromatic nitrogens is 2. The Bertz CT molecular complexity index is 1040. The number of nitrogens with zero attached hydrogens (tertiary/aromatic N) is 2. The summed E-state index contributed by atoms with van der Waals surface area (Å²) in [5.41, 5.74) is 3.93. The van der Waals surface area contributed by atoms with E-state index in [4.69, 9.17) is 0 Å². The molecule has 3 aromatic rings. The zero-order chi connectivity index (χ0) is 21.0. The minimum absolute atomic E-state index is 0.0306. The molecule has 1 N–H and O–H groups in total. The van der Waals surface area contributed by atoms with Crippen LogP contribution in [0.1, 0.15) is 61.3 Å². The third-order valence-corrected chi connectivity index (χ3v) is 5.42. The topological polar surface area (TPSA) is 64.2 Å². The van der Waals surface area contributed by atoms with E-state index in [1.807, 2.05) is 51.7 Å². The molecule has 152 valence electrons. The molecule has 5 heteroatoms. The lowest BCUT2D eigenvalue weighted by molar-refractivity contribution is 0.0697. The molecule has 0 radical (unpaired) electrons. The van der Waals surface area contributed by atoms with Gasteiger partial charge in [0.1, 0.15) is 0 Å². The number of carboxylic acid groups (broad SMARTS) is 1. The van der Waals surface area contributed by atoms with Crippen molar-refractivity contribution in [3.8, 4) is 11.1 Å². The van der Waals surface area contributed by atoms with Crippen LogP contribution in [0, 0.1) is 0 Å². The molecule has 0 fully saturated rings. The monoisotopic (exact) mass is 392 g/mol. The van der Waals surface area contributed by atoms with Crippen LogP contribution < -0.4 is 5.69 Å². The smallest absolute Gasteiger partial charge is 0.336 e. The van der Waals surface area contributed by atoms with E-state index in [0.29, 0.717) is 12.1 Å². The third kappa shape index (κ3) is 4.34. The number of carboxylic acids is 1. The van der Waals surface area contributed by atoms with Crippen molar-refractivity contribution in [3.05, 3.63) is 82.0 Å². The molecule has 29 heavy (non-hydrogen) atoms. The second-order valence-electron chi connectivity index (χ2n) is 7.45. The van der Waals surface area contributed by atoms with Crippen LogP contribution in [0.5, 0.6) is 0 Å². The van der Waals surface area contributed by atoms with Gasteiger partial charge in [0.05, 0.1) is 12.1 Å². The highest BCUT2D eigenvalue weighted by atomic mass is 16.4. The third-order valence-electron chi connectivity index (χ3n) is 5.42. The molecule has 0 aliphatic rings. The highest BCUT2D eigenvalue weighted by Crippen LogP contribution is 2.24. The van der Waals surface area contributed by atoms with Gasteiger partial charge in [-0.15, -0.1) is 0 Å². The zero-order valence-electron chi connectivity index (χ0n) is 17.3. The van der Waals surface area contributed by atoms with Gasteiger partial charge >= 0.3 is 11.7 Å². The molecular weight excluding hydrogens is 364 g/mol. The Morgan fingerprint density at radius 2 is 1.76 bits per heavy atom. The van der Waals surface area contributed by atoms with Crippen molar-refractivity contribution in [3.63, 3.8) is 0 Å². The predicted molar refractivity (Wildman–Crippen MR) is 116 cm³/mol. The molecule has 5 nitrogen and oxygen atoms in total. The summed E-state index contributed by atoms with van der Waals surface area (Å²) in [5.74, 6) is -0.938. The van der Waals surface area contributed by atoms with Gasteiger partial charge in [-0.1, -0.05) is 62.7 Å². The Labute approximate surface area is 171 Å². The molecule has 0 spiro atoms. The normalized spacial score (nSPS) is 12.1. The van der Waals surface area contributed by atoms with Crippen molar-refractivity contribution in [1.82, 2.24) is 9.13 Å². The molecule has 3 rings (SSSR count). The number of rotatable bonds is 8. The predicted octanol–water partition coefficient (Wildman–Crippen LogP) is 4.99. The number of aryl methyl sites for hydroxylation is 1. The van der Waals surface area contributed by atoms with Gasteiger partial charge in [0.15, 0.2) is 0 Å². The highest BCUT2D eigenvalue weighted by molar-refractivity contribution is 5.95. The fourth-order valence-corrected chi connectivity index (χ4v) is 3.58. The van der Waals surface area contributed by atoms with E-state index in [1.54, 1.807) is 12.1 Å². The maximum atomic E-state index is 12.9. The average Bonchev–Trinajstić information content (AvgIpc) is 3.04. The summed E-state index contributed by atoms with van der Waals surface area (Å²) in [4.78, 5) is 24.4. The SMILES string of the molecule is CCCc1cn(C(C)CC)c(=O)n1Cc1ccc(-c2ccccc2C(=O)O)cc1. The van der Waals surface area contributed by atoms with Gasteiger partial charge in [-0.05, 0) is 42.5 Å². The number of carbonyl (C=O) groups is 1. The van der Waals surface area contributed by atoms with Crippen molar-refractivity contribution in [2.24, 2.45) is 0 Å². The summed E-state index contributed by atoms with van der Waals surface area (Å²) >= 11 is 0. The van der Waals surface area contributed by atoms with Crippen LogP contribution in [0.3, 0.4) is 0 Å². The molecule has 0 amide bonds. The lowest BCUT2D eigenvalue weighted by atomic mass is 9.99. The molecule has 0 saturated carbocycles. The second-order valence-corrected chi connectivity index (χ2v) is 7.45. The van der Waals surface area contributed by atoms with Crippen LogP contribution in [0.25, 0.3) is 11.1 Å². The molecule has 0 aliphatic heterocycles. The quantitative estimate of drug-likeness (QED) is 0.587. The molecule has 0 aliphatic carbocycles. The standard InChI is InChI=1S/C24H28N2O3/c1-4-8-20-16-25(17(3)5-2)24(29)26(20)15-18-11-13-19(14-12-18)21-9-6-7-10-22(21)23(27)28/h6-7,9-14,16-17H,4-5,8,15H2,1-3H3,(H,27,28). The Morgan fingerprint density at radius 3 is 2.38 bits per heavy atom. The van der Waals surface area contributed by atoms with Gasteiger partial charge in [-0.2, -0.15) is 0 Å². The van der Waals surface area contributed by atoms with Crippen molar-refractivity contribution in [2.75, 3.05) is 0 Å². The van der Waals surface area contributed by atoms with Crippen molar-refractivity contribution in [1.29, 1.82) is 0 Å². The number of hydrogen-bond acceptors (Lipinski definition) is 2. The first-order valence-corrected chi connectivity index (χ1v) is 10.2. The largest absolute Gasteiger partial charge is 0.478 e. The Hall–Kier alpha value is -3.08. The van der Waals surface area contributed by atoms with E-state index in [-0.39, 0.29) is 17.3 Å². The molecule has 1 aromatic heterocycles. The number of hydrogen-bond donors (Lipinski definition) is 1. The first-order valence-electron chi connectivity index (χ1n) is 10.2. The van der Waals surface area contributed by atoms with Crippen LogP contribution in [-0.2, 0) is 13.0 Å². The van der Waals surface area contributed by atoms with Crippen LogP contribution in [0.2, 0.25) is 0 Å². The molecule has 0 saturated heterocycles. The number of benzene rings is 2. The number of imidazole rings is 1. The minimum atomic E-state index is -0.938. The van der Waals surface area contributed by atoms with Crippen LogP contribution in [0.4, 0.5) is 0 Å². The van der Waals surface area contributed by atoms with E-state index >= 15 is 0 Å². The van der Waals surface area contributed by atoms with E-state index in [0.717, 1.165) is 36.1 Å². The second kappa shape index (κ2) is 8.95. The summed E-state index contributed by atoms with van der Waals surface area (Å²) < 4.78 is 3.69. The van der Waals surface area contributed by atoms with Crippen molar-refractivity contribution in [2.45, 2.75) is 52.6 Å².